The number of hydrogen-bond acceptors (Lipinski definition) is 2. The predicted octanol–water partition coefficient (Wildman–Crippen LogP) is 3.39. The lowest BCUT2D eigenvalue weighted by Crippen LogP contribution is -2.37. The molecule has 2 atom stereocenters. The van der Waals surface area contributed by atoms with Crippen LogP contribution in [0, 0.1) is 0 Å². The Morgan fingerprint density at radius 2 is 2.16 bits per heavy atom. The maximum absolute atomic E-state index is 5.90. The SMILES string of the molecule is CNC(C1=CCCCO1)C1CCCc2ccccc21. The maximum Gasteiger partial charge on any atom is 0.109 e. The van der Waals surface area contributed by atoms with Crippen molar-refractivity contribution in [3.8, 4) is 0 Å². The summed E-state index contributed by atoms with van der Waals surface area (Å²) < 4.78 is 5.90. The van der Waals surface area contributed by atoms with Gasteiger partial charge in [-0.1, -0.05) is 24.3 Å². The van der Waals surface area contributed by atoms with Gasteiger partial charge in [0, 0.05) is 5.92 Å². The highest BCUT2D eigenvalue weighted by atomic mass is 16.5. The number of hydrogen-bond donors (Lipinski definition) is 1. The van der Waals surface area contributed by atoms with E-state index in [1.807, 2.05) is 0 Å². The second-order valence-corrected chi connectivity index (χ2v) is 5.56. The first-order valence-corrected chi connectivity index (χ1v) is 7.48. The number of nitrogens with one attached hydrogen (secondary N) is 1. The van der Waals surface area contributed by atoms with E-state index < -0.39 is 0 Å². The summed E-state index contributed by atoms with van der Waals surface area (Å²) in [5.41, 5.74) is 3.04. The van der Waals surface area contributed by atoms with Gasteiger partial charge in [-0.3, -0.25) is 0 Å². The molecule has 1 aliphatic heterocycles. The fraction of sp³-hybridized carbons (Fsp3) is 0.529. The molecule has 0 fully saturated rings. The average molecular weight is 257 g/mol. The van der Waals surface area contributed by atoms with Crippen molar-refractivity contribution in [3.63, 3.8) is 0 Å². The molecule has 1 aromatic rings. The van der Waals surface area contributed by atoms with Gasteiger partial charge in [-0.15, -0.1) is 0 Å². The Kier molecular flexibility index (Phi) is 3.88. The summed E-state index contributed by atoms with van der Waals surface area (Å²) in [7, 11) is 2.06. The van der Waals surface area contributed by atoms with E-state index in [4.69, 9.17) is 4.74 Å². The van der Waals surface area contributed by atoms with Crippen LogP contribution in [-0.2, 0) is 11.2 Å². The molecule has 0 aromatic heterocycles. The molecule has 19 heavy (non-hydrogen) atoms. The smallest absolute Gasteiger partial charge is 0.109 e. The second kappa shape index (κ2) is 5.79. The number of ether oxygens (including phenoxy) is 1. The highest BCUT2D eigenvalue weighted by molar-refractivity contribution is 5.35. The fourth-order valence-electron chi connectivity index (χ4n) is 3.47. The zero-order valence-electron chi connectivity index (χ0n) is 11.7. The second-order valence-electron chi connectivity index (χ2n) is 5.56. The quantitative estimate of drug-likeness (QED) is 0.896. The molecule has 1 N–H and O–H groups in total. The third-order valence-corrected chi connectivity index (χ3v) is 4.40. The van der Waals surface area contributed by atoms with E-state index in [1.54, 1.807) is 0 Å². The van der Waals surface area contributed by atoms with Gasteiger partial charge in [0.05, 0.1) is 12.6 Å². The van der Waals surface area contributed by atoms with Gasteiger partial charge in [-0.2, -0.15) is 0 Å². The van der Waals surface area contributed by atoms with Gasteiger partial charge < -0.3 is 10.1 Å². The summed E-state index contributed by atoms with van der Waals surface area (Å²) in [5.74, 6) is 1.72. The minimum Gasteiger partial charge on any atom is -0.497 e. The lowest BCUT2D eigenvalue weighted by Gasteiger charge is -2.34. The van der Waals surface area contributed by atoms with Crippen LogP contribution in [0.3, 0.4) is 0 Å². The zero-order chi connectivity index (χ0) is 13.1. The van der Waals surface area contributed by atoms with E-state index in [2.05, 4.69) is 42.7 Å². The Balaban J connectivity index is 1.90. The summed E-state index contributed by atoms with van der Waals surface area (Å²) in [5, 5.41) is 3.49. The molecule has 1 heterocycles. The molecule has 0 saturated carbocycles. The third-order valence-electron chi connectivity index (χ3n) is 4.40. The monoisotopic (exact) mass is 257 g/mol. The molecule has 1 aromatic carbocycles. The number of benzene rings is 1. The summed E-state index contributed by atoms with van der Waals surface area (Å²) in [6.07, 6.45) is 8.35. The van der Waals surface area contributed by atoms with Crippen LogP contribution in [0.5, 0.6) is 0 Å². The van der Waals surface area contributed by atoms with Crippen molar-refractivity contribution in [1.29, 1.82) is 0 Å². The molecule has 2 nitrogen and oxygen atoms in total. The number of allylic oxidation sites excluding steroid dienone is 1. The summed E-state index contributed by atoms with van der Waals surface area (Å²) >= 11 is 0. The van der Waals surface area contributed by atoms with Crippen LogP contribution < -0.4 is 5.32 Å². The number of aryl methyl sites for hydroxylation is 1. The predicted molar refractivity (Wildman–Crippen MR) is 78.2 cm³/mol. The molecule has 0 spiro atoms. The molecular weight excluding hydrogens is 234 g/mol. The van der Waals surface area contributed by atoms with Gasteiger partial charge >= 0.3 is 0 Å². The number of fused-ring (bicyclic) bond motifs is 1. The molecule has 0 bridgehead atoms. The highest BCUT2D eigenvalue weighted by Gasteiger charge is 2.30. The van der Waals surface area contributed by atoms with Crippen molar-refractivity contribution >= 4 is 0 Å². The number of likely N-dealkylation sites (N-methyl/N-ethyl adjacent to an activating group) is 1. The highest BCUT2D eigenvalue weighted by Crippen LogP contribution is 2.36. The van der Waals surface area contributed by atoms with Crippen LogP contribution in [0.15, 0.2) is 36.1 Å². The molecule has 1 aliphatic carbocycles. The lowest BCUT2D eigenvalue weighted by molar-refractivity contribution is 0.160. The Morgan fingerprint density at radius 3 is 2.95 bits per heavy atom. The Bertz CT molecular complexity index is 466. The normalized spacial score (nSPS) is 24.1. The topological polar surface area (TPSA) is 21.3 Å². The molecule has 2 aliphatic rings. The first kappa shape index (κ1) is 12.7. The van der Waals surface area contributed by atoms with Crippen molar-refractivity contribution in [3.05, 3.63) is 47.2 Å². The molecule has 0 radical (unpaired) electrons. The Morgan fingerprint density at radius 1 is 1.26 bits per heavy atom. The van der Waals surface area contributed by atoms with E-state index in [-0.39, 0.29) is 0 Å². The fourth-order valence-corrected chi connectivity index (χ4v) is 3.47. The molecular formula is C17H23NO. The summed E-state index contributed by atoms with van der Waals surface area (Å²) in [6, 6.07) is 9.24. The average Bonchev–Trinajstić information content (AvgIpc) is 2.49. The Labute approximate surface area is 115 Å². The largest absolute Gasteiger partial charge is 0.497 e. The summed E-state index contributed by atoms with van der Waals surface area (Å²) in [4.78, 5) is 0. The standard InChI is InChI=1S/C17H23NO/c1-18-17(16-11-4-5-12-19-16)15-10-6-8-13-7-2-3-9-14(13)15/h2-3,7,9,11,15,17-18H,4-6,8,10,12H2,1H3. The van der Waals surface area contributed by atoms with Crippen LogP contribution in [0.4, 0.5) is 0 Å². The van der Waals surface area contributed by atoms with Crippen LogP contribution in [0.1, 0.15) is 42.7 Å². The van der Waals surface area contributed by atoms with Gasteiger partial charge in [0.2, 0.25) is 0 Å². The molecule has 2 unspecified atom stereocenters. The van der Waals surface area contributed by atoms with Crippen molar-refractivity contribution in [2.45, 2.75) is 44.1 Å². The minimum atomic E-state index is 0.335. The van der Waals surface area contributed by atoms with Crippen LogP contribution >= 0.6 is 0 Å². The van der Waals surface area contributed by atoms with E-state index >= 15 is 0 Å². The molecule has 3 rings (SSSR count). The van der Waals surface area contributed by atoms with Crippen molar-refractivity contribution in [2.75, 3.05) is 13.7 Å². The first-order valence-electron chi connectivity index (χ1n) is 7.48. The first-order chi connectivity index (χ1) is 9.40. The van der Waals surface area contributed by atoms with E-state index in [1.165, 1.54) is 30.4 Å². The molecule has 0 amide bonds. The third kappa shape index (κ3) is 2.55. The van der Waals surface area contributed by atoms with E-state index in [0.29, 0.717) is 12.0 Å². The number of rotatable bonds is 3. The Hall–Kier alpha value is -1.28. The van der Waals surface area contributed by atoms with E-state index in [9.17, 15) is 0 Å². The minimum absolute atomic E-state index is 0.335. The van der Waals surface area contributed by atoms with Gasteiger partial charge in [0.15, 0.2) is 0 Å². The van der Waals surface area contributed by atoms with Gasteiger partial charge in [0.1, 0.15) is 5.76 Å². The lowest BCUT2D eigenvalue weighted by atomic mass is 9.78. The van der Waals surface area contributed by atoms with Gasteiger partial charge in [-0.05, 0) is 56.4 Å². The van der Waals surface area contributed by atoms with Crippen molar-refractivity contribution in [1.82, 2.24) is 5.32 Å². The molecule has 2 heteroatoms. The van der Waals surface area contributed by atoms with Gasteiger partial charge in [0.25, 0.3) is 0 Å². The summed E-state index contributed by atoms with van der Waals surface area (Å²) in [6.45, 7) is 0.873. The zero-order valence-corrected chi connectivity index (χ0v) is 11.7. The van der Waals surface area contributed by atoms with Gasteiger partial charge in [-0.25, -0.2) is 0 Å². The van der Waals surface area contributed by atoms with Crippen molar-refractivity contribution in [2.24, 2.45) is 0 Å². The van der Waals surface area contributed by atoms with Crippen LogP contribution in [0.2, 0.25) is 0 Å². The molecule has 102 valence electrons. The van der Waals surface area contributed by atoms with E-state index in [0.717, 1.165) is 25.2 Å². The molecule has 0 saturated heterocycles. The maximum atomic E-state index is 5.90. The van der Waals surface area contributed by atoms with Crippen LogP contribution in [0.25, 0.3) is 0 Å². The van der Waals surface area contributed by atoms with Crippen molar-refractivity contribution < 1.29 is 4.74 Å². The van der Waals surface area contributed by atoms with Crippen LogP contribution in [-0.4, -0.2) is 19.7 Å².